The summed E-state index contributed by atoms with van der Waals surface area (Å²) in [6.45, 7) is 2.39. The number of esters is 1. The molecule has 0 aliphatic heterocycles. The number of nitrogen functional groups attached to an aromatic ring is 1. The van der Waals surface area contributed by atoms with E-state index in [1.165, 1.54) is 7.11 Å². The topological polar surface area (TPSA) is 81.4 Å². The number of carbonyl (C=O) groups is 2. The first-order valence-electron chi connectivity index (χ1n) is 6.88. The van der Waals surface area contributed by atoms with E-state index in [0.29, 0.717) is 22.0 Å². The zero-order valence-electron chi connectivity index (χ0n) is 11.8. The zero-order chi connectivity index (χ0) is 14.7. The van der Waals surface area contributed by atoms with Crippen LogP contribution in [0.4, 0.5) is 5.00 Å². The number of hydrogen-bond acceptors (Lipinski definition) is 5. The Kier molecular flexibility index (Phi) is 4.65. The Labute approximate surface area is 122 Å². The van der Waals surface area contributed by atoms with Crippen molar-refractivity contribution in [1.82, 2.24) is 5.32 Å². The molecule has 0 unspecified atom stereocenters. The smallest absolute Gasteiger partial charge is 0.348 e. The van der Waals surface area contributed by atoms with Gasteiger partial charge >= 0.3 is 5.97 Å². The lowest BCUT2D eigenvalue weighted by Crippen LogP contribution is -2.25. The summed E-state index contributed by atoms with van der Waals surface area (Å²) >= 11 is 1.16. The Hall–Kier alpha value is -1.56. The van der Waals surface area contributed by atoms with Gasteiger partial charge in [-0.2, -0.15) is 0 Å². The van der Waals surface area contributed by atoms with Gasteiger partial charge in [0, 0.05) is 6.54 Å². The molecule has 2 rings (SSSR count). The third-order valence-corrected chi connectivity index (χ3v) is 4.69. The average Bonchev–Trinajstić information content (AvgIpc) is 3.04. The molecule has 0 radical (unpaired) electrons. The first kappa shape index (κ1) is 14.8. The number of carbonyl (C=O) groups excluding carboxylic acids is 2. The maximum atomic E-state index is 12.2. The summed E-state index contributed by atoms with van der Waals surface area (Å²) in [7, 11) is 1.35. The standard InChI is InChI=1S/C14H20N2O3S/c1-3-16-13(17)10-9(8-6-4-5-7-8)11(14(18)19-2)20-12(10)15/h8H,3-7,15H2,1-2H3,(H,16,17). The molecule has 1 aliphatic rings. The predicted molar refractivity (Wildman–Crippen MR) is 79.3 cm³/mol. The van der Waals surface area contributed by atoms with Crippen LogP contribution in [0.15, 0.2) is 0 Å². The summed E-state index contributed by atoms with van der Waals surface area (Å²) in [6, 6.07) is 0. The van der Waals surface area contributed by atoms with Crippen LogP contribution in [-0.2, 0) is 4.74 Å². The van der Waals surface area contributed by atoms with Crippen molar-refractivity contribution in [2.24, 2.45) is 0 Å². The number of hydrogen-bond donors (Lipinski definition) is 2. The lowest BCUT2D eigenvalue weighted by molar-refractivity contribution is 0.0604. The molecule has 1 aromatic rings. The Morgan fingerprint density at radius 3 is 2.60 bits per heavy atom. The summed E-state index contributed by atoms with van der Waals surface area (Å²) in [5, 5.41) is 3.17. The molecule has 1 heterocycles. The first-order valence-corrected chi connectivity index (χ1v) is 7.70. The summed E-state index contributed by atoms with van der Waals surface area (Å²) in [4.78, 5) is 24.7. The van der Waals surface area contributed by atoms with E-state index in [9.17, 15) is 9.59 Å². The lowest BCUT2D eigenvalue weighted by atomic mass is 9.93. The van der Waals surface area contributed by atoms with Crippen LogP contribution in [0.5, 0.6) is 0 Å². The third-order valence-electron chi connectivity index (χ3n) is 3.67. The van der Waals surface area contributed by atoms with Gasteiger partial charge in [-0.15, -0.1) is 11.3 Å². The Bertz CT molecular complexity index is 519. The molecular formula is C14H20N2O3S. The van der Waals surface area contributed by atoms with E-state index in [2.05, 4.69) is 5.32 Å². The highest BCUT2D eigenvalue weighted by molar-refractivity contribution is 7.18. The van der Waals surface area contributed by atoms with Crippen LogP contribution in [0, 0.1) is 0 Å². The van der Waals surface area contributed by atoms with E-state index in [-0.39, 0.29) is 11.8 Å². The maximum Gasteiger partial charge on any atom is 0.348 e. The van der Waals surface area contributed by atoms with Crippen molar-refractivity contribution < 1.29 is 14.3 Å². The third kappa shape index (κ3) is 2.65. The summed E-state index contributed by atoms with van der Waals surface area (Å²) in [5.41, 5.74) is 7.25. The Morgan fingerprint density at radius 2 is 2.05 bits per heavy atom. The van der Waals surface area contributed by atoms with Crippen molar-refractivity contribution in [2.45, 2.75) is 38.5 Å². The van der Waals surface area contributed by atoms with Gasteiger partial charge in [0.25, 0.3) is 5.91 Å². The van der Waals surface area contributed by atoms with Crippen molar-refractivity contribution in [3.05, 3.63) is 16.0 Å². The van der Waals surface area contributed by atoms with Gasteiger partial charge in [-0.25, -0.2) is 4.79 Å². The summed E-state index contributed by atoms with van der Waals surface area (Å²) < 4.78 is 4.83. The highest BCUT2D eigenvalue weighted by Gasteiger charge is 2.32. The number of methoxy groups -OCH3 is 1. The van der Waals surface area contributed by atoms with Crippen LogP contribution >= 0.6 is 11.3 Å². The highest BCUT2D eigenvalue weighted by atomic mass is 32.1. The normalized spacial score (nSPS) is 15.3. The highest BCUT2D eigenvalue weighted by Crippen LogP contribution is 2.43. The first-order chi connectivity index (χ1) is 9.60. The SMILES string of the molecule is CCNC(=O)c1c(N)sc(C(=O)OC)c1C1CCCC1. The molecule has 110 valence electrons. The quantitative estimate of drug-likeness (QED) is 0.837. The Balaban J connectivity index is 2.51. The van der Waals surface area contributed by atoms with Crippen LogP contribution in [0.1, 0.15) is 64.1 Å². The van der Waals surface area contributed by atoms with Crippen LogP contribution < -0.4 is 11.1 Å². The van der Waals surface area contributed by atoms with Gasteiger partial charge in [0.15, 0.2) is 0 Å². The van der Waals surface area contributed by atoms with Gasteiger partial charge in [-0.3, -0.25) is 4.79 Å². The second kappa shape index (κ2) is 6.26. The van der Waals surface area contributed by atoms with Gasteiger partial charge in [0.1, 0.15) is 4.88 Å². The molecule has 0 atom stereocenters. The second-order valence-electron chi connectivity index (χ2n) is 4.92. The van der Waals surface area contributed by atoms with E-state index >= 15 is 0 Å². The minimum Gasteiger partial charge on any atom is -0.465 e. The molecule has 3 N–H and O–H groups in total. The summed E-state index contributed by atoms with van der Waals surface area (Å²) in [5.74, 6) is -0.368. The van der Waals surface area contributed by atoms with Gasteiger partial charge in [0.2, 0.25) is 0 Å². The molecule has 0 saturated heterocycles. The van der Waals surface area contributed by atoms with Crippen LogP contribution in [0.25, 0.3) is 0 Å². The molecule has 5 nitrogen and oxygen atoms in total. The fraction of sp³-hybridized carbons (Fsp3) is 0.571. The maximum absolute atomic E-state index is 12.2. The minimum absolute atomic E-state index is 0.196. The predicted octanol–water partition coefficient (Wildman–Crippen LogP) is 2.52. The van der Waals surface area contributed by atoms with E-state index in [1.54, 1.807) is 0 Å². The average molecular weight is 296 g/mol. The molecule has 1 aromatic heterocycles. The van der Waals surface area contributed by atoms with Crippen molar-refractivity contribution in [3.63, 3.8) is 0 Å². The van der Waals surface area contributed by atoms with E-state index < -0.39 is 5.97 Å². The molecule has 0 spiro atoms. The molecule has 20 heavy (non-hydrogen) atoms. The lowest BCUT2D eigenvalue weighted by Gasteiger charge is -2.13. The van der Waals surface area contributed by atoms with Gasteiger partial charge < -0.3 is 15.8 Å². The zero-order valence-corrected chi connectivity index (χ0v) is 12.6. The van der Waals surface area contributed by atoms with E-state index in [1.807, 2.05) is 6.92 Å². The van der Waals surface area contributed by atoms with Gasteiger partial charge in [0.05, 0.1) is 17.7 Å². The molecule has 1 aliphatic carbocycles. The fourth-order valence-corrected chi connectivity index (χ4v) is 3.86. The van der Waals surface area contributed by atoms with Crippen molar-refractivity contribution >= 4 is 28.2 Å². The summed E-state index contributed by atoms with van der Waals surface area (Å²) in [6.07, 6.45) is 4.23. The Morgan fingerprint density at radius 1 is 1.40 bits per heavy atom. The largest absolute Gasteiger partial charge is 0.465 e. The molecule has 1 fully saturated rings. The number of amides is 1. The van der Waals surface area contributed by atoms with Crippen molar-refractivity contribution in [1.29, 1.82) is 0 Å². The van der Waals surface area contributed by atoms with Gasteiger partial charge in [-0.05, 0) is 31.2 Å². The molecule has 0 bridgehead atoms. The van der Waals surface area contributed by atoms with E-state index in [4.69, 9.17) is 10.5 Å². The monoisotopic (exact) mass is 296 g/mol. The molecular weight excluding hydrogens is 276 g/mol. The number of nitrogens with one attached hydrogen (secondary N) is 1. The van der Waals surface area contributed by atoms with Crippen LogP contribution in [-0.4, -0.2) is 25.5 Å². The number of anilines is 1. The van der Waals surface area contributed by atoms with Crippen molar-refractivity contribution in [3.8, 4) is 0 Å². The van der Waals surface area contributed by atoms with E-state index in [0.717, 1.165) is 42.6 Å². The molecule has 0 aromatic carbocycles. The van der Waals surface area contributed by atoms with Crippen LogP contribution in [0.2, 0.25) is 0 Å². The number of rotatable bonds is 4. The molecule has 6 heteroatoms. The fourth-order valence-electron chi connectivity index (χ4n) is 2.79. The van der Waals surface area contributed by atoms with Crippen molar-refractivity contribution in [2.75, 3.05) is 19.4 Å². The molecule has 1 saturated carbocycles. The number of nitrogens with two attached hydrogens (primary N) is 1. The number of ether oxygens (including phenoxy) is 1. The minimum atomic E-state index is -0.404. The second-order valence-corrected chi connectivity index (χ2v) is 5.97. The van der Waals surface area contributed by atoms with Crippen LogP contribution in [0.3, 0.4) is 0 Å². The molecule has 1 amide bonds. The van der Waals surface area contributed by atoms with Gasteiger partial charge in [-0.1, -0.05) is 12.8 Å². The number of thiophene rings is 1.